The van der Waals surface area contributed by atoms with E-state index in [1.165, 1.54) is 11.0 Å². The highest BCUT2D eigenvalue weighted by Crippen LogP contribution is 2.28. The fraction of sp³-hybridized carbons (Fsp3) is 0.478. The quantitative estimate of drug-likeness (QED) is 0.710. The summed E-state index contributed by atoms with van der Waals surface area (Å²) in [7, 11) is 1.67. The smallest absolute Gasteiger partial charge is 0.322 e. The van der Waals surface area contributed by atoms with E-state index in [0.717, 1.165) is 12.1 Å². The third kappa shape index (κ3) is 4.33. The fourth-order valence-corrected chi connectivity index (χ4v) is 4.39. The highest BCUT2D eigenvalue weighted by atomic mass is 19.1. The number of fused-ring (bicyclic) bond motifs is 3. The van der Waals surface area contributed by atoms with Crippen LogP contribution in [-0.4, -0.2) is 62.9 Å². The molecule has 182 valence electrons. The number of carbonyl (C=O) groups is 2. The van der Waals surface area contributed by atoms with Crippen molar-refractivity contribution in [2.75, 3.05) is 25.5 Å². The lowest BCUT2D eigenvalue weighted by Crippen LogP contribution is -2.40. The van der Waals surface area contributed by atoms with E-state index in [-0.39, 0.29) is 38.0 Å². The van der Waals surface area contributed by atoms with Crippen LogP contribution >= 0.6 is 0 Å². The Morgan fingerprint density at radius 1 is 1.38 bits per heavy atom. The van der Waals surface area contributed by atoms with Crippen LogP contribution in [0.5, 0.6) is 0 Å². The number of carbonyl (C=O) groups excluding carboxylic acids is 2. The molecule has 1 aromatic heterocycles. The van der Waals surface area contributed by atoms with Gasteiger partial charge in [0.05, 0.1) is 24.0 Å². The van der Waals surface area contributed by atoms with E-state index in [0.29, 0.717) is 42.9 Å². The minimum atomic E-state index is -1.14. The van der Waals surface area contributed by atoms with Crippen molar-refractivity contribution in [3.8, 4) is 6.07 Å². The van der Waals surface area contributed by atoms with Gasteiger partial charge in [0.25, 0.3) is 5.91 Å². The molecule has 0 radical (unpaired) electrons. The van der Waals surface area contributed by atoms with Gasteiger partial charge in [0.15, 0.2) is 5.82 Å². The van der Waals surface area contributed by atoms with Gasteiger partial charge in [-0.2, -0.15) is 10.4 Å². The maximum Gasteiger partial charge on any atom is 0.322 e. The second-order valence-corrected chi connectivity index (χ2v) is 8.37. The summed E-state index contributed by atoms with van der Waals surface area (Å²) in [6, 6.07) is 2.78. The number of aliphatic hydroxyl groups is 1. The fourth-order valence-electron chi connectivity index (χ4n) is 4.39. The Bertz CT molecular complexity index is 1160. The lowest BCUT2D eigenvalue weighted by atomic mass is 10.0. The number of urea groups is 1. The van der Waals surface area contributed by atoms with Crippen LogP contribution in [0, 0.1) is 28.9 Å². The molecule has 9 nitrogen and oxygen atoms in total. The van der Waals surface area contributed by atoms with Gasteiger partial charge in [-0.05, 0) is 18.6 Å². The molecule has 0 saturated carbocycles. The molecule has 1 aromatic carbocycles. The van der Waals surface area contributed by atoms with Crippen molar-refractivity contribution < 1.29 is 23.5 Å². The van der Waals surface area contributed by atoms with E-state index >= 15 is 0 Å². The van der Waals surface area contributed by atoms with E-state index in [1.54, 1.807) is 16.6 Å². The number of nitrogens with zero attached hydrogens (tertiary/aromatic N) is 5. The second kappa shape index (κ2) is 9.77. The predicted octanol–water partition coefficient (Wildman–Crippen LogP) is 2.73. The number of aliphatic hydroxyl groups excluding tert-OH is 1. The van der Waals surface area contributed by atoms with Crippen molar-refractivity contribution in [3.05, 3.63) is 46.3 Å². The number of amides is 3. The van der Waals surface area contributed by atoms with Crippen molar-refractivity contribution in [1.29, 1.82) is 5.26 Å². The molecule has 2 unspecified atom stereocenters. The molecule has 34 heavy (non-hydrogen) atoms. The molecular weight excluding hydrogens is 446 g/mol. The van der Waals surface area contributed by atoms with E-state index in [1.807, 2.05) is 6.92 Å². The molecule has 0 saturated heterocycles. The summed E-state index contributed by atoms with van der Waals surface area (Å²) in [5, 5.41) is 26.3. The molecule has 2 N–H and O–H groups in total. The number of hydrogen-bond acceptors (Lipinski definition) is 5. The predicted molar refractivity (Wildman–Crippen MR) is 120 cm³/mol. The Kier molecular flexibility index (Phi) is 7.21. The van der Waals surface area contributed by atoms with Gasteiger partial charge in [-0.25, -0.2) is 13.6 Å². The van der Waals surface area contributed by atoms with Crippen LogP contribution in [0.25, 0.3) is 0 Å². The minimum absolute atomic E-state index is 0. The van der Waals surface area contributed by atoms with Crippen LogP contribution in [-0.2, 0) is 19.5 Å². The number of hydrogen-bond donors (Lipinski definition) is 2. The van der Waals surface area contributed by atoms with E-state index < -0.39 is 29.3 Å². The highest BCUT2D eigenvalue weighted by molar-refractivity contribution is 5.95. The maximum absolute atomic E-state index is 14.4. The topological polar surface area (TPSA) is 114 Å². The summed E-state index contributed by atoms with van der Waals surface area (Å²) >= 11 is 0. The van der Waals surface area contributed by atoms with Gasteiger partial charge in [-0.1, -0.05) is 14.4 Å². The van der Waals surface area contributed by atoms with Crippen LogP contribution < -0.4 is 5.32 Å². The third-order valence-corrected chi connectivity index (χ3v) is 6.26. The van der Waals surface area contributed by atoms with Crippen LogP contribution in [0.3, 0.4) is 0 Å². The van der Waals surface area contributed by atoms with Crippen LogP contribution in [0.2, 0.25) is 0 Å². The standard InChI is InChI=1S/C22H24F2N6O3.CH4/c1-3-18(31)12-9-28(2)21(32)20-14-11-29(7-6-16(14)27-30(20)10-12)22(33)26-17-5-4-15(23)13(8-25)19(17)24;/h4-5,12,18,31H,3,6-7,9-11H2,1-2H3,(H,26,33);1H4. The first-order valence-electron chi connectivity index (χ1n) is 10.7. The average molecular weight is 475 g/mol. The molecule has 11 heteroatoms. The first-order valence-corrected chi connectivity index (χ1v) is 10.7. The summed E-state index contributed by atoms with van der Waals surface area (Å²) in [6.45, 7) is 3.03. The Balaban J connectivity index is 0.00000324. The number of nitrogens with one attached hydrogen (secondary N) is 1. The Hall–Kier alpha value is -3.52. The normalized spacial score (nSPS) is 18.2. The van der Waals surface area contributed by atoms with Gasteiger partial charge in [0, 0.05) is 44.6 Å². The molecule has 2 atom stereocenters. The highest BCUT2D eigenvalue weighted by Gasteiger charge is 2.36. The van der Waals surface area contributed by atoms with Gasteiger partial charge >= 0.3 is 6.03 Å². The maximum atomic E-state index is 14.4. The molecule has 0 fully saturated rings. The Labute approximate surface area is 196 Å². The van der Waals surface area contributed by atoms with Crippen molar-refractivity contribution in [2.24, 2.45) is 5.92 Å². The first-order chi connectivity index (χ1) is 15.7. The monoisotopic (exact) mass is 474 g/mol. The lowest BCUT2D eigenvalue weighted by molar-refractivity contribution is 0.0626. The summed E-state index contributed by atoms with van der Waals surface area (Å²) < 4.78 is 29.6. The molecule has 2 aliphatic heterocycles. The van der Waals surface area contributed by atoms with E-state index in [2.05, 4.69) is 10.4 Å². The Morgan fingerprint density at radius 2 is 2.12 bits per heavy atom. The zero-order valence-electron chi connectivity index (χ0n) is 18.3. The Morgan fingerprint density at radius 3 is 2.79 bits per heavy atom. The molecular formula is C23H28F2N6O3. The van der Waals surface area contributed by atoms with Gasteiger partial charge in [-0.15, -0.1) is 0 Å². The van der Waals surface area contributed by atoms with Gasteiger partial charge in [0.2, 0.25) is 0 Å². The lowest BCUT2D eigenvalue weighted by Gasteiger charge is -2.28. The molecule has 2 aliphatic rings. The molecule has 3 heterocycles. The molecule has 4 rings (SSSR count). The number of aromatic nitrogens is 2. The summed E-state index contributed by atoms with van der Waals surface area (Å²) in [5.41, 5.74) is 0.646. The van der Waals surface area contributed by atoms with E-state index in [4.69, 9.17) is 5.26 Å². The van der Waals surface area contributed by atoms with Crippen LogP contribution in [0.15, 0.2) is 12.1 Å². The van der Waals surface area contributed by atoms with Gasteiger partial charge in [-0.3, -0.25) is 9.48 Å². The number of anilines is 1. The minimum Gasteiger partial charge on any atom is -0.393 e. The third-order valence-electron chi connectivity index (χ3n) is 6.26. The average Bonchev–Trinajstić information content (AvgIpc) is 3.10. The first kappa shape index (κ1) is 25.1. The largest absolute Gasteiger partial charge is 0.393 e. The van der Waals surface area contributed by atoms with Crippen LogP contribution in [0.1, 0.15) is 48.1 Å². The molecule has 2 aromatic rings. The van der Waals surface area contributed by atoms with Crippen LogP contribution in [0.4, 0.5) is 19.3 Å². The zero-order chi connectivity index (χ0) is 23.9. The van der Waals surface area contributed by atoms with Crippen molar-refractivity contribution in [1.82, 2.24) is 19.6 Å². The molecule has 0 aliphatic carbocycles. The van der Waals surface area contributed by atoms with Crippen molar-refractivity contribution in [3.63, 3.8) is 0 Å². The summed E-state index contributed by atoms with van der Waals surface area (Å²) in [5.74, 6) is -2.55. The zero-order valence-corrected chi connectivity index (χ0v) is 18.3. The van der Waals surface area contributed by atoms with E-state index in [9.17, 15) is 23.5 Å². The van der Waals surface area contributed by atoms with Crippen molar-refractivity contribution >= 4 is 17.6 Å². The SMILES string of the molecule is C.CCC(O)C1CN(C)C(=O)c2c3c(nn2C1)CCN(C(=O)Nc1ccc(F)c(C#N)c1F)C3. The molecule has 0 spiro atoms. The number of nitriles is 1. The van der Waals surface area contributed by atoms with Gasteiger partial charge in [0.1, 0.15) is 23.1 Å². The molecule has 0 bridgehead atoms. The second-order valence-electron chi connectivity index (χ2n) is 8.37. The number of halogens is 2. The summed E-state index contributed by atoms with van der Waals surface area (Å²) in [4.78, 5) is 28.9. The van der Waals surface area contributed by atoms with Gasteiger partial charge < -0.3 is 20.2 Å². The number of benzene rings is 1. The number of rotatable bonds is 3. The summed E-state index contributed by atoms with van der Waals surface area (Å²) in [6.07, 6.45) is 0.388. The molecule has 3 amide bonds. The van der Waals surface area contributed by atoms with Crippen molar-refractivity contribution in [2.45, 2.75) is 46.4 Å².